The van der Waals surface area contributed by atoms with Crippen molar-refractivity contribution in [3.63, 3.8) is 0 Å². The van der Waals surface area contributed by atoms with Crippen LogP contribution in [0.4, 0.5) is 0 Å². The average Bonchev–Trinajstić information content (AvgIpc) is 3.24. The lowest BCUT2D eigenvalue weighted by Gasteiger charge is -2.37. The summed E-state index contributed by atoms with van der Waals surface area (Å²) in [5.74, 6) is -0.156. The molecule has 0 spiro atoms. The third-order valence-corrected chi connectivity index (χ3v) is 5.85. The summed E-state index contributed by atoms with van der Waals surface area (Å²) < 4.78 is 7.41. The van der Waals surface area contributed by atoms with E-state index in [0.29, 0.717) is 18.3 Å². The zero-order valence-corrected chi connectivity index (χ0v) is 16.8. The molecule has 8 heteroatoms. The van der Waals surface area contributed by atoms with Gasteiger partial charge in [-0.25, -0.2) is 4.68 Å². The second kappa shape index (κ2) is 9.49. The molecule has 0 aliphatic carbocycles. The van der Waals surface area contributed by atoms with E-state index in [2.05, 4.69) is 45.2 Å². The largest absolute Gasteiger partial charge is 0.381 e. The number of ether oxygens (including phenoxy) is 1. The Balaban J connectivity index is 0.00000225. The van der Waals surface area contributed by atoms with E-state index in [4.69, 9.17) is 4.74 Å². The molecule has 1 amide bonds. The molecule has 0 radical (unpaired) electrons. The summed E-state index contributed by atoms with van der Waals surface area (Å²) in [5, 5.41) is 14.7. The lowest BCUT2D eigenvalue weighted by molar-refractivity contribution is 0.0486. The molecule has 1 aromatic heterocycles. The number of nitrogens with one attached hydrogen (secondary N) is 2. The average molecular weight is 406 g/mol. The molecule has 2 saturated heterocycles. The van der Waals surface area contributed by atoms with Gasteiger partial charge in [0.05, 0.1) is 12.2 Å². The maximum absolute atomic E-state index is 12.7. The molecule has 152 valence electrons. The summed E-state index contributed by atoms with van der Waals surface area (Å²) in [4.78, 5) is 12.7. The number of halogens is 1. The fourth-order valence-electron chi connectivity index (χ4n) is 4.09. The van der Waals surface area contributed by atoms with Crippen LogP contribution in [-0.2, 0) is 10.2 Å². The van der Waals surface area contributed by atoms with Crippen molar-refractivity contribution in [3.8, 4) is 0 Å². The number of nitrogens with zero attached hydrogens (tertiary/aromatic N) is 3. The summed E-state index contributed by atoms with van der Waals surface area (Å²) in [7, 11) is 0. The van der Waals surface area contributed by atoms with Crippen LogP contribution in [0.2, 0.25) is 0 Å². The zero-order chi connectivity index (χ0) is 18.5. The maximum atomic E-state index is 12.7. The van der Waals surface area contributed by atoms with Crippen LogP contribution in [0.25, 0.3) is 0 Å². The Kier molecular flexibility index (Phi) is 7.04. The van der Waals surface area contributed by atoms with Crippen LogP contribution in [0, 0.1) is 0 Å². The number of rotatable bonds is 5. The predicted molar refractivity (Wildman–Crippen MR) is 109 cm³/mol. The molecular weight excluding hydrogens is 378 g/mol. The van der Waals surface area contributed by atoms with Crippen LogP contribution in [0.1, 0.15) is 47.8 Å². The van der Waals surface area contributed by atoms with Gasteiger partial charge in [0.15, 0.2) is 5.69 Å². The number of amides is 1. The molecule has 2 aliphatic heterocycles. The lowest BCUT2D eigenvalue weighted by Crippen LogP contribution is -2.44. The first kappa shape index (κ1) is 20.8. The molecule has 3 heterocycles. The highest BCUT2D eigenvalue weighted by atomic mass is 35.5. The number of aromatic nitrogens is 3. The van der Waals surface area contributed by atoms with Crippen LogP contribution in [0.15, 0.2) is 36.5 Å². The highest BCUT2D eigenvalue weighted by Crippen LogP contribution is 2.34. The minimum atomic E-state index is -0.156. The molecular formula is C20H28ClN5O2. The fourth-order valence-corrected chi connectivity index (χ4v) is 4.09. The summed E-state index contributed by atoms with van der Waals surface area (Å²) in [6, 6.07) is 10.7. The summed E-state index contributed by atoms with van der Waals surface area (Å²) in [6.45, 7) is 3.98. The van der Waals surface area contributed by atoms with E-state index in [1.54, 1.807) is 6.20 Å². The minimum Gasteiger partial charge on any atom is -0.381 e. The molecule has 1 aromatic carbocycles. The summed E-state index contributed by atoms with van der Waals surface area (Å²) >= 11 is 0. The van der Waals surface area contributed by atoms with E-state index < -0.39 is 0 Å². The Morgan fingerprint density at radius 1 is 1.21 bits per heavy atom. The quantitative estimate of drug-likeness (QED) is 0.796. The van der Waals surface area contributed by atoms with Crippen LogP contribution in [0.5, 0.6) is 0 Å². The van der Waals surface area contributed by atoms with Gasteiger partial charge >= 0.3 is 0 Å². The van der Waals surface area contributed by atoms with Crippen LogP contribution in [-0.4, -0.2) is 53.7 Å². The van der Waals surface area contributed by atoms with Gasteiger partial charge in [0.1, 0.15) is 0 Å². The Hall–Kier alpha value is -1.96. The second-order valence-corrected chi connectivity index (χ2v) is 7.51. The highest BCUT2D eigenvalue weighted by Gasteiger charge is 2.35. The van der Waals surface area contributed by atoms with Crippen LogP contribution in [0.3, 0.4) is 0 Å². The molecule has 0 saturated carbocycles. The predicted octanol–water partition coefficient (Wildman–Crippen LogP) is 2.10. The van der Waals surface area contributed by atoms with Crippen LogP contribution < -0.4 is 10.6 Å². The van der Waals surface area contributed by atoms with E-state index in [1.165, 1.54) is 5.56 Å². The topological polar surface area (TPSA) is 81.1 Å². The Morgan fingerprint density at radius 3 is 2.64 bits per heavy atom. The first-order valence-electron chi connectivity index (χ1n) is 9.81. The molecule has 28 heavy (non-hydrogen) atoms. The Morgan fingerprint density at radius 2 is 1.93 bits per heavy atom. The number of hydrogen-bond donors (Lipinski definition) is 2. The molecule has 0 bridgehead atoms. The maximum Gasteiger partial charge on any atom is 0.273 e. The van der Waals surface area contributed by atoms with Crippen molar-refractivity contribution >= 4 is 18.3 Å². The number of hydrogen-bond acceptors (Lipinski definition) is 5. The Labute approximate surface area is 171 Å². The minimum absolute atomic E-state index is 0. The van der Waals surface area contributed by atoms with Gasteiger partial charge in [-0.05, 0) is 44.3 Å². The third kappa shape index (κ3) is 4.54. The molecule has 2 aliphatic rings. The van der Waals surface area contributed by atoms with E-state index in [9.17, 15) is 4.79 Å². The smallest absolute Gasteiger partial charge is 0.273 e. The van der Waals surface area contributed by atoms with Gasteiger partial charge in [0.2, 0.25) is 0 Å². The van der Waals surface area contributed by atoms with Crippen LogP contribution >= 0.6 is 12.4 Å². The van der Waals surface area contributed by atoms with E-state index in [-0.39, 0.29) is 23.7 Å². The zero-order valence-electron chi connectivity index (χ0n) is 16.0. The number of carbonyl (C=O) groups is 1. The van der Waals surface area contributed by atoms with E-state index >= 15 is 0 Å². The highest BCUT2D eigenvalue weighted by molar-refractivity contribution is 5.91. The fraction of sp³-hybridized carbons (Fsp3) is 0.550. The number of benzene rings is 1. The van der Waals surface area contributed by atoms with Crippen molar-refractivity contribution in [2.24, 2.45) is 0 Å². The normalized spacial score (nSPS) is 19.6. The second-order valence-electron chi connectivity index (χ2n) is 7.51. The van der Waals surface area contributed by atoms with Crippen molar-refractivity contribution in [2.45, 2.75) is 37.1 Å². The SMILES string of the molecule is Cl.O=C(NCC1(c2ccccc2)CCOCC1)c1cn(C2CCNCC2)nn1. The standard InChI is InChI=1S/C20H27N5O2.ClH/c26-19(18-14-25(24-23-18)17-6-10-21-11-7-17)22-15-20(8-12-27-13-9-20)16-4-2-1-3-5-16;/h1-5,14,17,21H,6-13,15H2,(H,22,26);1H. The summed E-state index contributed by atoms with van der Waals surface area (Å²) in [5.41, 5.74) is 1.57. The first-order chi connectivity index (χ1) is 13.3. The molecule has 4 rings (SSSR count). The van der Waals surface area contributed by atoms with E-state index in [0.717, 1.165) is 52.0 Å². The van der Waals surface area contributed by atoms with Crippen molar-refractivity contribution in [1.82, 2.24) is 25.6 Å². The van der Waals surface area contributed by atoms with Gasteiger partial charge in [0.25, 0.3) is 5.91 Å². The number of carbonyl (C=O) groups excluding carboxylic acids is 1. The van der Waals surface area contributed by atoms with Gasteiger partial charge in [-0.1, -0.05) is 35.5 Å². The molecule has 0 unspecified atom stereocenters. The van der Waals surface area contributed by atoms with Crippen molar-refractivity contribution in [1.29, 1.82) is 0 Å². The molecule has 0 atom stereocenters. The molecule has 2 aromatic rings. The van der Waals surface area contributed by atoms with Gasteiger partial charge < -0.3 is 15.4 Å². The van der Waals surface area contributed by atoms with Crippen molar-refractivity contribution in [2.75, 3.05) is 32.8 Å². The molecule has 2 fully saturated rings. The van der Waals surface area contributed by atoms with Crippen molar-refractivity contribution < 1.29 is 9.53 Å². The van der Waals surface area contributed by atoms with Gasteiger partial charge in [0, 0.05) is 25.2 Å². The van der Waals surface area contributed by atoms with Gasteiger partial charge in [-0.3, -0.25) is 4.79 Å². The van der Waals surface area contributed by atoms with E-state index in [1.807, 2.05) is 10.7 Å². The van der Waals surface area contributed by atoms with Crippen molar-refractivity contribution in [3.05, 3.63) is 47.8 Å². The number of piperidine rings is 1. The van der Waals surface area contributed by atoms with Gasteiger partial charge in [-0.2, -0.15) is 0 Å². The summed E-state index contributed by atoms with van der Waals surface area (Å²) in [6.07, 6.45) is 5.62. The monoisotopic (exact) mass is 405 g/mol. The van der Waals surface area contributed by atoms with Gasteiger partial charge in [-0.15, -0.1) is 17.5 Å². The molecule has 2 N–H and O–H groups in total. The first-order valence-corrected chi connectivity index (χ1v) is 9.81. The Bertz CT molecular complexity index is 755. The molecule has 7 nitrogen and oxygen atoms in total. The lowest BCUT2D eigenvalue weighted by atomic mass is 9.74. The third-order valence-electron chi connectivity index (χ3n) is 5.85.